The van der Waals surface area contributed by atoms with E-state index in [1.807, 2.05) is 4.90 Å². The lowest BCUT2D eigenvalue weighted by Crippen LogP contribution is -2.43. The number of carbonyl (C=O) groups is 1. The number of nitrogens with zero attached hydrogens (tertiary/aromatic N) is 2. The first-order valence-corrected chi connectivity index (χ1v) is 6.89. The molecule has 104 valence electrons. The van der Waals surface area contributed by atoms with Crippen LogP contribution in [0.15, 0.2) is 12.1 Å². The zero-order chi connectivity index (χ0) is 14.2. The number of nitrogen functional groups attached to an aromatic ring is 1. The minimum absolute atomic E-state index is 0.0861. The molecule has 0 bridgehead atoms. The van der Waals surface area contributed by atoms with Crippen LogP contribution in [0.25, 0.3) is 0 Å². The Labute approximate surface area is 123 Å². The number of hydrogen-bond donors (Lipinski definition) is 1. The summed E-state index contributed by atoms with van der Waals surface area (Å²) >= 11 is 12.0. The molecule has 0 aromatic heterocycles. The van der Waals surface area contributed by atoms with E-state index in [2.05, 4.69) is 0 Å². The van der Waals surface area contributed by atoms with E-state index in [1.165, 1.54) is 0 Å². The highest BCUT2D eigenvalue weighted by atomic mass is 35.5. The molecule has 19 heavy (non-hydrogen) atoms. The van der Waals surface area contributed by atoms with Crippen molar-refractivity contribution >= 4 is 40.5 Å². The van der Waals surface area contributed by atoms with Crippen LogP contribution in [0.2, 0.25) is 10.0 Å². The summed E-state index contributed by atoms with van der Waals surface area (Å²) in [5.74, 6) is 0.0861. The molecule has 1 aliphatic rings. The van der Waals surface area contributed by atoms with Crippen molar-refractivity contribution in [1.29, 1.82) is 0 Å². The molecule has 1 aromatic carbocycles. The number of anilines is 2. The second kappa shape index (κ2) is 5.47. The Bertz CT molecular complexity index is 505. The highest BCUT2D eigenvalue weighted by Gasteiger charge is 2.33. The Morgan fingerprint density at radius 3 is 2.63 bits per heavy atom. The van der Waals surface area contributed by atoms with E-state index in [4.69, 9.17) is 28.9 Å². The molecule has 1 amide bonds. The number of amides is 1. The van der Waals surface area contributed by atoms with Gasteiger partial charge in [-0.15, -0.1) is 0 Å². The fourth-order valence-electron chi connectivity index (χ4n) is 2.41. The van der Waals surface area contributed by atoms with E-state index in [9.17, 15) is 4.79 Å². The summed E-state index contributed by atoms with van der Waals surface area (Å²) < 4.78 is 0. The van der Waals surface area contributed by atoms with Gasteiger partial charge in [0.1, 0.15) is 6.04 Å². The predicted octanol–water partition coefficient (Wildman–Crippen LogP) is 2.63. The minimum Gasteiger partial charge on any atom is -0.397 e. The van der Waals surface area contributed by atoms with Crippen LogP contribution in [0, 0.1) is 0 Å². The third kappa shape index (κ3) is 2.74. The highest BCUT2D eigenvalue weighted by molar-refractivity contribution is 6.42. The molecule has 0 radical (unpaired) electrons. The Balaban J connectivity index is 2.35. The molecule has 4 nitrogen and oxygen atoms in total. The molecule has 1 heterocycles. The maximum absolute atomic E-state index is 12.2. The number of nitrogens with two attached hydrogens (primary N) is 1. The van der Waals surface area contributed by atoms with Gasteiger partial charge in [0.2, 0.25) is 5.91 Å². The summed E-state index contributed by atoms with van der Waals surface area (Å²) in [5.41, 5.74) is 7.33. The largest absolute Gasteiger partial charge is 0.397 e. The number of rotatable bonds is 2. The van der Waals surface area contributed by atoms with Gasteiger partial charge in [-0.2, -0.15) is 0 Å². The number of hydrogen-bond acceptors (Lipinski definition) is 3. The van der Waals surface area contributed by atoms with Crippen LogP contribution in [0.4, 0.5) is 11.4 Å². The molecule has 0 spiro atoms. The lowest BCUT2D eigenvalue weighted by molar-refractivity contribution is -0.129. The Morgan fingerprint density at radius 1 is 1.37 bits per heavy atom. The van der Waals surface area contributed by atoms with Crippen LogP contribution in [0.5, 0.6) is 0 Å². The van der Waals surface area contributed by atoms with Crippen LogP contribution < -0.4 is 10.6 Å². The normalized spacial score (nSPS) is 18.7. The van der Waals surface area contributed by atoms with E-state index in [-0.39, 0.29) is 11.9 Å². The lowest BCUT2D eigenvalue weighted by Gasteiger charge is -2.29. The van der Waals surface area contributed by atoms with Gasteiger partial charge in [-0.3, -0.25) is 4.79 Å². The molecule has 6 heteroatoms. The second-order valence-corrected chi connectivity index (χ2v) is 5.72. The van der Waals surface area contributed by atoms with Crippen molar-refractivity contribution in [2.45, 2.75) is 18.9 Å². The summed E-state index contributed by atoms with van der Waals surface area (Å²) in [5, 5.41) is 0.881. The van der Waals surface area contributed by atoms with Gasteiger partial charge in [0.15, 0.2) is 0 Å². The minimum atomic E-state index is -0.172. The summed E-state index contributed by atoms with van der Waals surface area (Å²) in [6.45, 7) is 0.798. The van der Waals surface area contributed by atoms with Crippen LogP contribution in [-0.2, 0) is 4.79 Å². The van der Waals surface area contributed by atoms with Crippen molar-refractivity contribution in [2.75, 3.05) is 31.3 Å². The van der Waals surface area contributed by atoms with Crippen LogP contribution in [-0.4, -0.2) is 37.5 Å². The number of carbonyl (C=O) groups excluding carboxylic acids is 1. The molecule has 1 saturated heterocycles. The first-order valence-electron chi connectivity index (χ1n) is 6.14. The molecule has 1 atom stereocenters. The van der Waals surface area contributed by atoms with Gasteiger partial charge >= 0.3 is 0 Å². The highest BCUT2D eigenvalue weighted by Crippen LogP contribution is 2.36. The third-order valence-electron chi connectivity index (χ3n) is 3.36. The molecule has 2 N–H and O–H groups in total. The smallest absolute Gasteiger partial charge is 0.244 e. The molecule has 0 aliphatic carbocycles. The molecular formula is C13H17Cl2N3O. The number of halogens is 2. The van der Waals surface area contributed by atoms with Gasteiger partial charge in [-0.25, -0.2) is 0 Å². The van der Waals surface area contributed by atoms with Crippen molar-refractivity contribution < 1.29 is 4.79 Å². The fraction of sp³-hybridized carbons (Fsp3) is 0.462. The summed E-state index contributed by atoms with van der Waals surface area (Å²) in [6, 6.07) is 3.20. The number of benzene rings is 1. The Hall–Kier alpha value is -1.13. The van der Waals surface area contributed by atoms with Crippen LogP contribution in [0.3, 0.4) is 0 Å². The maximum atomic E-state index is 12.2. The molecule has 1 aromatic rings. The van der Waals surface area contributed by atoms with Crippen molar-refractivity contribution in [3.63, 3.8) is 0 Å². The summed E-state index contributed by atoms with van der Waals surface area (Å²) in [7, 11) is 3.52. The Morgan fingerprint density at radius 2 is 2.00 bits per heavy atom. The monoisotopic (exact) mass is 301 g/mol. The summed E-state index contributed by atoms with van der Waals surface area (Å²) in [6.07, 6.45) is 1.79. The van der Waals surface area contributed by atoms with E-state index in [0.29, 0.717) is 15.7 Å². The average molecular weight is 302 g/mol. The van der Waals surface area contributed by atoms with Gasteiger partial charge in [-0.1, -0.05) is 23.2 Å². The molecule has 1 unspecified atom stereocenters. The van der Waals surface area contributed by atoms with Crippen LogP contribution >= 0.6 is 23.2 Å². The van der Waals surface area contributed by atoms with E-state index in [1.54, 1.807) is 31.1 Å². The molecule has 1 aliphatic heterocycles. The van der Waals surface area contributed by atoms with Crippen LogP contribution in [0.1, 0.15) is 12.8 Å². The molecule has 1 fully saturated rings. The van der Waals surface area contributed by atoms with E-state index in [0.717, 1.165) is 25.1 Å². The van der Waals surface area contributed by atoms with Gasteiger partial charge in [0, 0.05) is 20.6 Å². The fourth-order valence-corrected chi connectivity index (χ4v) is 2.74. The lowest BCUT2D eigenvalue weighted by atomic mass is 10.1. The SMILES string of the molecule is CN(C)C(=O)C1CCCN1c1cc(Cl)c(Cl)cc1N. The summed E-state index contributed by atoms with van der Waals surface area (Å²) in [4.78, 5) is 15.8. The zero-order valence-electron chi connectivity index (χ0n) is 11.0. The zero-order valence-corrected chi connectivity index (χ0v) is 12.5. The van der Waals surface area contributed by atoms with Crippen molar-refractivity contribution in [1.82, 2.24) is 4.90 Å². The van der Waals surface area contributed by atoms with Crippen molar-refractivity contribution in [2.24, 2.45) is 0 Å². The maximum Gasteiger partial charge on any atom is 0.244 e. The first-order chi connectivity index (χ1) is 8.91. The molecular weight excluding hydrogens is 285 g/mol. The van der Waals surface area contributed by atoms with E-state index < -0.39 is 0 Å². The standard InChI is InChI=1S/C13H17Cl2N3O/c1-17(2)13(19)11-4-3-5-18(11)12-7-9(15)8(14)6-10(12)16/h6-7,11H,3-5,16H2,1-2H3. The Kier molecular flexibility index (Phi) is 4.11. The predicted molar refractivity (Wildman–Crippen MR) is 79.9 cm³/mol. The molecule has 0 saturated carbocycles. The first kappa shape index (κ1) is 14.3. The topological polar surface area (TPSA) is 49.6 Å². The van der Waals surface area contributed by atoms with Gasteiger partial charge in [0.05, 0.1) is 21.4 Å². The third-order valence-corrected chi connectivity index (χ3v) is 4.08. The second-order valence-electron chi connectivity index (χ2n) is 4.91. The van der Waals surface area contributed by atoms with Gasteiger partial charge < -0.3 is 15.5 Å². The quantitative estimate of drug-likeness (QED) is 0.854. The average Bonchev–Trinajstić information content (AvgIpc) is 2.81. The molecule has 2 rings (SSSR count). The van der Waals surface area contributed by atoms with Gasteiger partial charge in [0.25, 0.3) is 0 Å². The van der Waals surface area contributed by atoms with E-state index >= 15 is 0 Å². The van der Waals surface area contributed by atoms with Crippen molar-refractivity contribution in [3.05, 3.63) is 22.2 Å². The van der Waals surface area contributed by atoms with Crippen molar-refractivity contribution in [3.8, 4) is 0 Å². The number of likely N-dealkylation sites (N-methyl/N-ethyl adjacent to an activating group) is 1. The van der Waals surface area contributed by atoms with Gasteiger partial charge in [-0.05, 0) is 25.0 Å².